The summed E-state index contributed by atoms with van der Waals surface area (Å²) >= 11 is 2.01. The van der Waals surface area contributed by atoms with Crippen molar-refractivity contribution in [2.45, 2.75) is 13.3 Å². The molecule has 0 unspecified atom stereocenters. The number of aliphatic imine (C=N–C) groups is 1. The number of hydrogen-bond acceptors (Lipinski definition) is 6. The molecule has 0 amide bonds. The van der Waals surface area contributed by atoms with Gasteiger partial charge in [-0.2, -0.15) is 0 Å². The van der Waals surface area contributed by atoms with E-state index in [4.69, 9.17) is 14.2 Å². The van der Waals surface area contributed by atoms with E-state index in [2.05, 4.69) is 4.99 Å². The van der Waals surface area contributed by atoms with Crippen molar-refractivity contribution >= 4 is 46.5 Å². The minimum atomic E-state index is -0.644. The van der Waals surface area contributed by atoms with Gasteiger partial charge < -0.3 is 14.2 Å². The zero-order chi connectivity index (χ0) is 20.3. The fourth-order valence-electron chi connectivity index (χ4n) is 2.42. The van der Waals surface area contributed by atoms with Gasteiger partial charge in [0, 0.05) is 12.0 Å². The molecule has 2 aromatic rings. The third-order valence-electron chi connectivity index (χ3n) is 3.75. The number of carbonyl (C=O) groups excluding carboxylic acids is 2. The molecule has 0 aliphatic carbocycles. The van der Waals surface area contributed by atoms with Gasteiger partial charge in [-0.05, 0) is 64.6 Å². The van der Waals surface area contributed by atoms with Gasteiger partial charge in [-0.15, -0.1) is 0 Å². The van der Waals surface area contributed by atoms with E-state index in [1.165, 1.54) is 31.4 Å². The van der Waals surface area contributed by atoms with Gasteiger partial charge in [0.25, 0.3) is 0 Å². The molecule has 1 heterocycles. The lowest BCUT2D eigenvalue weighted by Gasteiger charge is -2.11. The third kappa shape index (κ3) is 4.38. The molecule has 8 heteroatoms. The number of methoxy groups -OCH3 is 1. The predicted octanol–water partition coefficient (Wildman–Crippen LogP) is 4.10. The second-order valence-corrected chi connectivity index (χ2v) is 6.87. The lowest BCUT2D eigenvalue weighted by molar-refractivity contribution is -0.134. The Hall–Kier alpha value is -2.75. The molecule has 0 bridgehead atoms. The number of carbonyl (C=O) groups is 2. The Morgan fingerprint density at radius 2 is 2.11 bits per heavy atom. The highest BCUT2D eigenvalue weighted by Crippen LogP contribution is 2.35. The molecule has 0 saturated heterocycles. The number of hydrogen-bond donors (Lipinski definition) is 0. The standard InChI is InChI=1S/C20H15FINO5/c1-3-17(24)27-18-14(22)7-11(9-16(18)26-2)8-15-20(25)28-19(23-15)12-5-4-6-13(21)10-12/h4-10H,3H2,1-2H3/b15-8-. The monoisotopic (exact) mass is 495 g/mol. The van der Waals surface area contributed by atoms with Gasteiger partial charge in [-0.1, -0.05) is 13.0 Å². The van der Waals surface area contributed by atoms with E-state index in [0.29, 0.717) is 26.2 Å². The summed E-state index contributed by atoms with van der Waals surface area (Å²) in [4.78, 5) is 27.9. The first-order valence-electron chi connectivity index (χ1n) is 8.28. The van der Waals surface area contributed by atoms with Crippen LogP contribution in [0, 0.1) is 9.39 Å². The average Bonchev–Trinajstić information content (AvgIpc) is 3.04. The largest absolute Gasteiger partial charge is 0.493 e. The fourth-order valence-corrected chi connectivity index (χ4v) is 3.16. The summed E-state index contributed by atoms with van der Waals surface area (Å²) < 4.78 is 29.8. The minimum absolute atomic E-state index is 0.0332. The number of nitrogens with zero attached hydrogens (tertiary/aromatic N) is 1. The molecule has 0 saturated carbocycles. The van der Waals surface area contributed by atoms with Gasteiger partial charge in [-0.25, -0.2) is 14.2 Å². The highest BCUT2D eigenvalue weighted by molar-refractivity contribution is 14.1. The molecule has 28 heavy (non-hydrogen) atoms. The van der Waals surface area contributed by atoms with Crippen LogP contribution < -0.4 is 9.47 Å². The van der Waals surface area contributed by atoms with Crippen LogP contribution in [0.1, 0.15) is 24.5 Å². The maximum Gasteiger partial charge on any atom is 0.363 e. The topological polar surface area (TPSA) is 74.2 Å². The first-order chi connectivity index (χ1) is 13.4. The summed E-state index contributed by atoms with van der Waals surface area (Å²) in [6, 6.07) is 8.97. The van der Waals surface area contributed by atoms with E-state index < -0.39 is 11.8 Å². The van der Waals surface area contributed by atoms with Crippen molar-refractivity contribution in [1.29, 1.82) is 0 Å². The highest BCUT2D eigenvalue weighted by atomic mass is 127. The Morgan fingerprint density at radius 1 is 1.32 bits per heavy atom. The van der Waals surface area contributed by atoms with Crippen molar-refractivity contribution in [2.75, 3.05) is 7.11 Å². The predicted molar refractivity (Wildman–Crippen MR) is 109 cm³/mol. The van der Waals surface area contributed by atoms with Crippen molar-refractivity contribution in [3.05, 3.63) is 62.6 Å². The molecule has 1 aliphatic rings. The SMILES string of the molecule is CCC(=O)Oc1c(I)cc(/C=C2\N=C(c3cccc(F)c3)OC2=O)cc1OC. The molecule has 0 atom stereocenters. The number of benzene rings is 2. The van der Waals surface area contributed by atoms with E-state index in [9.17, 15) is 14.0 Å². The van der Waals surface area contributed by atoms with E-state index >= 15 is 0 Å². The lowest BCUT2D eigenvalue weighted by Crippen LogP contribution is -2.08. The molecule has 144 valence electrons. The Labute approximate surface area is 174 Å². The summed E-state index contributed by atoms with van der Waals surface area (Å²) in [6.07, 6.45) is 1.75. The van der Waals surface area contributed by atoms with Crippen LogP contribution in [-0.2, 0) is 14.3 Å². The minimum Gasteiger partial charge on any atom is -0.493 e. The molecule has 2 aromatic carbocycles. The fraction of sp³-hybridized carbons (Fsp3) is 0.150. The van der Waals surface area contributed by atoms with Gasteiger partial charge in [0.15, 0.2) is 17.2 Å². The zero-order valence-electron chi connectivity index (χ0n) is 15.0. The number of halogens is 2. The van der Waals surface area contributed by atoms with Crippen LogP contribution in [0.3, 0.4) is 0 Å². The van der Waals surface area contributed by atoms with Crippen LogP contribution >= 0.6 is 22.6 Å². The van der Waals surface area contributed by atoms with Gasteiger partial charge in [-0.3, -0.25) is 4.79 Å². The smallest absolute Gasteiger partial charge is 0.363 e. The average molecular weight is 495 g/mol. The Bertz CT molecular complexity index is 1020. The molecule has 0 fully saturated rings. The number of ether oxygens (including phenoxy) is 3. The van der Waals surface area contributed by atoms with Crippen LogP contribution in [0.2, 0.25) is 0 Å². The number of rotatable bonds is 5. The van der Waals surface area contributed by atoms with Crippen LogP contribution in [0.15, 0.2) is 47.1 Å². The molecule has 0 aromatic heterocycles. The Morgan fingerprint density at radius 3 is 2.79 bits per heavy atom. The Balaban J connectivity index is 1.95. The summed E-state index contributed by atoms with van der Waals surface area (Å²) in [5.74, 6) is -0.784. The van der Waals surface area contributed by atoms with Crippen LogP contribution in [-0.4, -0.2) is 24.9 Å². The first kappa shape index (κ1) is 20.0. The Kier molecular flexibility index (Phi) is 6.08. The van der Waals surface area contributed by atoms with Crippen LogP contribution in [0.25, 0.3) is 6.08 Å². The normalized spacial score (nSPS) is 14.6. The van der Waals surface area contributed by atoms with Crippen molar-refractivity contribution in [1.82, 2.24) is 0 Å². The summed E-state index contributed by atoms with van der Waals surface area (Å²) in [5, 5.41) is 0. The van der Waals surface area contributed by atoms with E-state index in [1.807, 2.05) is 22.6 Å². The van der Waals surface area contributed by atoms with Crippen molar-refractivity contribution < 1.29 is 28.2 Å². The lowest BCUT2D eigenvalue weighted by atomic mass is 10.1. The van der Waals surface area contributed by atoms with Crippen LogP contribution in [0.4, 0.5) is 4.39 Å². The van der Waals surface area contributed by atoms with E-state index in [-0.39, 0.29) is 24.0 Å². The van der Waals surface area contributed by atoms with Crippen molar-refractivity contribution in [3.63, 3.8) is 0 Å². The van der Waals surface area contributed by atoms with E-state index in [0.717, 1.165) is 0 Å². The summed E-state index contributed by atoms with van der Waals surface area (Å²) in [5.41, 5.74) is 1.04. The second kappa shape index (κ2) is 8.51. The first-order valence-corrected chi connectivity index (χ1v) is 9.36. The van der Waals surface area contributed by atoms with Gasteiger partial charge >= 0.3 is 11.9 Å². The van der Waals surface area contributed by atoms with Crippen molar-refractivity contribution in [3.8, 4) is 11.5 Å². The number of cyclic esters (lactones) is 1. The summed E-state index contributed by atoms with van der Waals surface area (Å²) in [6.45, 7) is 1.69. The maximum absolute atomic E-state index is 13.4. The maximum atomic E-state index is 13.4. The molecule has 0 radical (unpaired) electrons. The molecule has 6 nitrogen and oxygen atoms in total. The van der Waals surface area contributed by atoms with Crippen LogP contribution in [0.5, 0.6) is 11.5 Å². The van der Waals surface area contributed by atoms with Gasteiger partial charge in [0.05, 0.1) is 10.7 Å². The molecule has 1 aliphatic heterocycles. The summed E-state index contributed by atoms with van der Waals surface area (Å²) in [7, 11) is 1.45. The van der Waals surface area contributed by atoms with Gasteiger partial charge in [0.1, 0.15) is 5.82 Å². The molecule has 0 spiro atoms. The quantitative estimate of drug-likeness (QED) is 0.271. The third-order valence-corrected chi connectivity index (χ3v) is 4.55. The van der Waals surface area contributed by atoms with Crippen molar-refractivity contribution in [2.24, 2.45) is 4.99 Å². The zero-order valence-corrected chi connectivity index (χ0v) is 17.2. The highest BCUT2D eigenvalue weighted by Gasteiger charge is 2.25. The van der Waals surface area contributed by atoms with E-state index in [1.54, 1.807) is 25.1 Å². The molecule has 3 rings (SSSR count). The number of esters is 2. The van der Waals surface area contributed by atoms with Gasteiger partial charge in [0.2, 0.25) is 5.90 Å². The molecular formula is C20H15FINO5. The molecular weight excluding hydrogens is 480 g/mol. The second-order valence-electron chi connectivity index (χ2n) is 5.71. The molecule has 0 N–H and O–H groups in total.